The molecule has 0 saturated heterocycles. The molecule has 0 fully saturated rings. The van der Waals surface area contributed by atoms with E-state index < -0.39 is 0 Å². The maximum Gasteiger partial charge on any atom is 0.277 e. The number of nitrogens with one attached hydrogen (secondary N) is 1. The molecule has 0 atom stereocenters. The summed E-state index contributed by atoms with van der Waals surface area (Å²) in [6.07, 6.45) is 1.54. The Hall–Kier alpha value is -2.33. The average molecular weight is 303 g/mol. The van der Waals surface area contributed by atoms with Crippen LogP contribution in [-0.4, -0.2) is 18.7 Å². The van der Waals surface area contributed by atoms with Crippen molar-refractivity contribution in [1.29, 1.82) is 0 Å². The van der Waals surface area contributed by atoms with Gasteiger partial charge in [0.25, 0.3) is 5.91 Å². The molecule has 4 nitrogen and oxygen atoms in total. The summed E-state index contributed by atoms with van der Waals surface area (Å²) in [6.45, 7) is 1.84. The van der Waals surface area contributed by atoms with Gasteiger partial charge in [-0.3, -0.25) is 4.79 Å². The number of halogens is 1. The number of hydrazone groups is 1. The highest BCUT2D eigenvalue weighted by atomic mass is 35.5. The van der Waals surface area contributed by atoms with Crippen molar-refractivity contribution >= 4 is 23.7 Å². The first-order chi connectivity index (χ1) is 10.1. The second-order valence-corrected chi connectivity index (χ2v) is 4.84. The third-order valence-electron chi connectivity index (χ3n) is 2.73. The van der Waals surface area contributed by atoms with E-state index in [0.29, 0.717) is 10.8 Å². The fourth-order valence-electron chi connectivity index (χ4n) is 1.62. The zero-order valence-electron chi connectivity index (χ0n) is 11.5. The van der Waals surface area contributed by atoms with E-state index in [-0.39, 0.29) is 12.5 Å². The lowest BCUT2D eigenvalue weighted by atomic mass is 10.2. The minimum absolute atomic E-state index is 0.0805. The van der Waals surface area contributed by atoms with Crippen molar-refractivity contribution < 1.29 is 9.53 Å². The largest absolute Gasteiger partial charge is 0.483 e. The minimum atomic E-state index is -0.316. The second-order valence-electron chi connectivity index (χ2n) is 4.40. The lowest BCUT2D eigenvalue weighted by Gasteiger charge is -2.07. The molecule has 1 amide bonds. The Kier molecular flexibility index (Phi) is 5.35. The van der Waals surface area contributed by atoms with Crippen LogP contribution in [0.5, 0.6) is 5.75 Å². The Morgan fingerprint density at radius 3 is 2.67 bits per heavy atom. The average Bonchev–Trinajstić information content (AvgIpc) is 2.48. The van der Waals surface area contributed by atoms with Crippen LogP contribution in [0.15, 0.2) is 53.6 Å². The summed E-state index contributed by atoms with van der Waals surface area (Å²) < 4.78 is 5.41. The zero-order chi connectivity index (χ0) is 15.1. The smallest absolute Gasteiger partial charge is 0.277 e. The highest BCUT2D eigenvalue weighted by Gasteiger charge is 2.02. The number of aryl methyl sites for hydroxylation is 1. The normalized spacial score (nSPS) is 10.6. The van der Waals surface area contributed by atoms with E-state index in [2.05, 4.69) is 10.5 Å². The van der Waals surface area contributed by atoms with Crippen LogP contribution in [0, 0.1) is 6.92 Å². The third-order valence-corrected chi connectivity index (χ3v) is 2.98. The van der Waals surface area contributed by atoms with Gasteiger partial charge in [-0.05, 0) is 36.2 Å². The van der Waals surface area contributed by atoms with E-state index >= 15 is 0 Å². The summed E-state index contributed by atoms with van der Waals surface area (Å²) in [5.74, 6) is 0.373. The summed E-state index contributed by atoms with van der Waals surface area (Å²) in [4.78, 5) is 11.6. The van der Waals surface area contributed by atoms with Crippen molar-refractivity contribution in [3.8, 4) is 5.75 Å². The molecule has 0 aromatic heterocycles. The van der Waals surface area contributed by atoms with Crippen LogP contribution in [0.25, 0.3) is 0 Å². The van der Waals surface area contributed by atoms with Gasteiger partial charge in [0.1, 0.15) is 5.75 Å². The van der Waals surface area contributed by atoms with Crippen LogP contribution in [0.4, 0.5) is 0 Å². The van der Waals surface area contributed by atoms with Crippen molar-refractivity contribution in [3.05, 3.63) is 64.7 Å². The van der Waals surface area contributed by atoms with Gasteiger partial charge in [-0.1, -0.05) is 41.9 Å². The fraction of sp³-hybridized carbons (Fsp3) is 0.125. The standard InChI is InChI=1S/C16H15ClN2O2/c1-12-4-2-3-5-15(12)21-11-16(20)19-18-10-13-6-8-14(17)9-7-13/h2-10H,11H2,1H3,(H,19,20)/b18-10+. The number of carbonyl (C=O) groups excluding carboxylic acids is 1. The summed E-state index contributed by atoms with van der Waals surface area (Å²) in [5, 5.41) is 4.51. The molecule has 1 N–H and O–H groups in total. The summed E-state index contributed by atoms with van der Waals surface area (Å²) in [7, 11) is 0. The predicted octanol–water partition coefficient (Wildman–Crippen LogP) is 3.18. The number of amides is 1. The number of benzene rings is 2. The van der Waals surface area contributed by atoms with E-state index in [1.807, 2.05) is 43.3 Å². The van der Waals surface area contributed by atoms with Crippen LogP contribution < -0.4 is 10.2 Å². The van der Waals surface area contributed by atoms with Crippen molar-refractivity contribution in [1.82, 2.24) is 5.43 Å². The van der Waals surface area contributed by atoms with Gasteiger partial charge in [-0.15, -0.1) is 0 Å². The van der Waals surface area contributed by atoms with Crippen molar-refractivity contribution in [2.45, 2.75) is 6.92 Å². The predicted molar refractivity (Wildman–Crippen MR) is 83.9 cm³/mol. The van der Waals surface area contributed by atoms with Crippen molar-refractivity contribution in [2.75, 3.05) is 6.61 Å². The third kappa shape index (κ3) is 4.93. The maximum atomic E-state index is 11.6. The number of carbonyl (C=O) groups is 1. The molecule has 0 aliphatic heterocycles. The molecule has 0 unspecified atom stereocenters. The van der Waals surface area contributed by atoms with Gasteiger partial charge < -0.3 is 4.74 Å². The molecular formula is C16H15ClN2O2. The van der Waals surface area contributed by atoms with Crippen molar-refractivity contribution in [2.24, 2.45) is 5.10 Å². The van der Waals surface area contributed by atoms with Crippen LogP contribution in [0.3, 0.4) is 0 Å². The molecular weight excluding hydrogens is 288 g/mol. The van der Waals surface area contributed by atoms with Gasteiger partial charge in [0, 0.05) is 5.02 Å². The van der Waals surface area contributed by atoms with Gasteiger partial charge in [0.2, 0.25) is 0 Å². The highest BCUT2D eigenvalue weighted by molar-refractivity contribution is 6.30. The van der Waals surface area contributed by atoms with Crippen LogP contribution in [0.1, 0.15) is 11.1 Å². The molecule has 21 heavy (non-hydrogen) atoms. The molecule has 0 aliphatic rings. The fourth-order valence-corrected chi connectivity index (χ4v) is 1.75. The number of hydrogen-bond donors (Lipinski definition) is 1. The maximum absolute atomic E-state index is 11.6. The molecule has 2 aromatic carbocycles. The quantitative estimate of drug-likeness (QED) is 0.681. The van der Waals surface area contributed by atoms with Gasteiger partial charge in [0.05, 0.1) is 6.21 Å². The Morgan fingerprint density at radius 2 is 1.95 bits per heavy atom. The van der Waals surface area contributed by atoms with E-state index in [4.69, 9.17) is 16.3 Å². The molecule has 2 rings (SSSR count). The molecule has 0 aliphatic carbocycles. The minimum Gasteiger partial charge on any atom is -0.483 e. The van der Waals surface area contributed by atoms with E-state index in [9.17, 15) is 4.79 Å². The number of ether oxygens (including phenoxy) is 1. The molecule has 0 heterocycles. The molecule has 108 valence electrons. The lowest BCUT2D eigenvalue weighted by molar-refractivity contribution is -0.123. The van der Waals surface area contributed by atoms with E-state index in [1.165, 1.54) is 0 Å². The van der Waals surface area contributed by atoms with Crippen LogP contribution in [0.2, 0.25) is 5.02 Å². The van der Waals surface area contributed by atoms with Crippen LogP contribution in [-0.2, 0) is 4.79 Å². The number of para-hydroxylation sites is 1. The second kappa shape index (κ2) is 7.45. The lowest BCUT2D eigenvalue weighted by Crippen LogP contribution is -2.24. The van der Waals surface area contributed by atoms with Gasteiger partial charge in [0.15, 0.2) is 6.61 Å². The van der Waals surface area contributed by atoms with Crippen molar-refractivity contribution in [3.63, 3.8) is 0 Å². The van der Waals surface area contributed by atoms with E-state index in [0.717, 1.165) is 11.1 Å². The zero-order valence-corrected chi connectivity index (χ0v) is 12.3. The Bertz CT molecular complexity index is 639. The first-order valence-corrected chi connectivity index (χ1v) is 6.79. The van der Waals surface area contributed by atoms with Gasteiger partial charge >= 0.3 is 0 Å². The van der Waals surface area contributed by atoms with Crippen LogP contribution >= 0.6 is 11.6 Å². The molecule has 0 saturated carbocycles. The number of rotatable bonds is 5. The number of hydrogen-bond acceptors (Lipinski definition) is 3. The van der Waals surface area contributed by atoms with Gasteiger partial charge in [-0.25, -0.2) is 5.43 Å². The first-order valence-electron chi connectivity index (χ1n) is 6.41. The SMILES string of the molecule is Cc1ccccc1OCC(=O)N/N=C/c1ccc(Cl)cc1. The molecule has 0 radical (unpaired) electrons. The monoisotopic (exact) mass is 302 g/mol. The molecule has 2 aromatic rings. The highest BCUT2D eigenvalue weighted by Crippen LogP contribution is 2.15. The molecule has 0 spiro atoms. The Balaban J connectivity index is 1.80. The van der Waals surface area contributed by atoms with Gasteiger partial charge in [-0.2, -0.15) is 5.10 Å². The summed E-state index contributed by atoms with van der Waals surface area (Å²) in [5.41, 5.74) is 4.24. The molecule has 5 heteroatoms. The Labute approximate surface area is 128 Å². The molecule has 0 bridgehead atoms. The first kappa shape index (κ1) is 15.1. The summed E-state index contributed by atoms with van der Waals surface area (Å²) >= 11 is 5.78. The Morgan fingerprint density at radius 1 is 1.24 bits per heavy atom. The summed E-state index contributed by atoms with van der Waals surface area (Å²) in [6, 6.07) is 14.6. The topological polar surface area (TPSA) is 50.7 Å². The number of nitrogens with zero attached hydrogens (tertiary/aromatic N) is 1. The van der Waals surface area contributed by atoms with E-state index in [1.54, 1.807) is 18.3 Å².